The molecule has 0 saturated heterocycles. The van der Waals surface area contributed by atoms with Crippen LogP contribution in [0.1, 0.15) is 13.8 Å². The molecule has 0 rings (SSSR count). The van der Waals surface area contributed by atoms with Crippen molar-refractivity contribution in [1.29, 1.82) is 0 Å². The van der Waals surface area contributed by atoms with E-state index in [1.165, 1.54) is 6.92 Å². The molecule has 0 aliphatic heterocycles. The second kappa shape index (κ2) is 6.86. The fourth-order valence-corrected chi connectivity index (χ4v) is 0.820. The third-order valence-corrected chi connectivity index (χ3v) is 2.00. The minimum absolute atomic E-state index is 0.0301. The lowest BCUT2D eigenvalue weighted by molar-refractivity contribution is -0.118. The predicted molar refractivity (Wildman–Crippen MR) is 54.7 cm³/mol. The lowest BCUT2D eigenvalue weighted by Crippen LogP contribution is -2.38. The van der Waals surface area contributed by atoms with Gasteiger partial charge in [0.15, 0.2) is 0 Å². The number of carbonyl (C=O) groups is 1. The molecular formula is C9H21N3O. The molecule has 78 valence electrons. The van der Waals surface area contributed by atoms with E-state index in [4.69, 9.17) is 0 Å². The lowest BCUT2D eigenvalue weighted by atomic mass is 10.3. The molecule has 0 saturated carbocycles. The minimum atomic E-state index is 0.0301. The maximum atomic E-state index is 10.5. The average molecular weight is 187 g/mol. The maximum Gasteiger partial charge on any atom is 0.216 e. The second-order valence-electron chi connectivity index (χ2n) is 3.50. The van der Waals surface area contributed by atoms with E-state index in [1.807, 2.05) is 0 Å². The molecule has 0 spiro atoms. The van der Waals surface area contributed by atoms with Crippen LogP contribution in [0.3, 0.4) is 0 Å². The second-order valence-corrected chi connectivity index (χ2v) is 3.50. The molecule has 0 aliphatic rings. The molecule has 1 unspecified atom stereocenters. The highest BCUT2D eigenvalue weighted by Crippen LogP contribution is 1.87. The van der Waals surface area contributed by atoms with Gasteiger partial charge in [0.05, 0.1) is 0 Å². The first-order valence-corrected chi connectivity index (χ1v) is 4.65. The average Bonchev–Trinajstić information content (AvgIpc) is 2.02. The summed E-state index contributed by atoms with van der Waals surface area (Å²) in [5.74, 6) is 0.0301. The molecule has 0 radical (unpaired) electrons. The third kappa shape index (κ3) is 7.74. The van der Waals surface area contributed by atoms with Gasteiger partial charge in [-0.1, -0.05) is 0 Å². The van der Waals surface area contributed by atoms with Crippen molar-refractivity contribution < 1.29 is 4.79 Å². The zero-order valence-corrected chi connectivity index (χ0v) is 9.05. The van der Waals surface area contributed by atoms with Crippen molar-refractivity contribution in [3.05, 3.63) is 0 Å². The Morgan fingerprint density at radius 1 is 1.38 bits per heavy atom. The van der Waals surface area contributed by atoms with E-state index in [9.17, 15) is 4.79 Å². The normalized spacial score (nSPS) is 13.0. The number of rotatable bonds is 6. The van der Waals surface area contributed by atoms with Gasteiger partial charge in [0, 0.05) is 32.6 Å². The fraction of sp³-hybridized carbons (Fsp3) is 0.889. The largest absolute Gasteiger partial charge is 0.355 e. The van der Waals surface area contributed by atoms with Gasteiger partial charge in [-0.2, -0.15) is 0 Å². The van der Waals surface area contributed by atoms with E-state index in [0.717, 1.165) is 13.1 Å². The zero-order chi connectivity index (χ0) is 10.3. The van der Waals surface area contributed by atoms with Gasteiger partial charge in [0.2, 0.25) is 5.91 Å². The van der Waals surface area contributed by atoms with E-state index >= 15 is 0 Å². The highest BCUT2D eigenvalue weighted by atomic mass is 16.1. The van der Waals surface area contributed by atoms with E-state index in [-0.39, 0.29) is 5.91 Å². The summed E-state index contributed by atoms with van der Waals surface area (Å²) in [5, 5.41) is 6.00. The standard InChI is InChI=1S/C9H21N3O/c1-8(12(3)4)7-10-5-6-11-9(2)13/h8,10H,5-7H2,1-4H3,(H,11,13). The van der Waals surface area contributed by atoms with Crippen LogP contribution in [-0.4, -0.2) is 50.6 Å². The molecule has 1 atom stereocenters. The predicted octanol–water partition coefficient (Wildman–Crippen LogP) is -0.338. The van der Waals surface area contributed by atoms with Crippen molar-refractivity contribution in [2.75, 3.05) is 33.7 Å². The Bertz CT molecular complexity index is 148. The van der Waals surface area contributed by atoms with Crippen LogP contribution in [0.4, 0.5) is 0 Å². The van der Waals surface area contributed by atoms with Gasteiger partial charge >= 0.3 is 0 Å². The first-order chi connectivity index (χ1) is 6.04. The van der Waals surface area contributed by atoms with Crippen molar-refractivity contribution in [3.63, 3.8) is 0 Å². The van der Waals surface area contributed by atoms with Gasteiger partial charge in [-0.15, -0.1) is 0 Å². The van der Waals surface area contributed by atoms with Crippen LogP contribution in [-0.2, 0) is 4.79 Å². The van der Waals surface area contributed by atoms with Crippen LogP contribution in [0.15, 0.2) is 0 Å². The third-order valence-electron chi connectivity index (χ3n) is 2.00. The van der Waals surface area contributed by atoms with Crippen LogP contribution >= 0.6 is 0 Å². The topological polar surface area (TPSA) is 44.4 Å². The summed E-state index contributed by atoms with van der Waals surface area (Å²) >= 11 is 0. The van der Waals surface area contributed by atoms with Crippen molar-refractivity contribution in [1.82, 2.24) is 15.5 Å². The Labute approximate surface area is 80.7 Å². The Kier molecular flexibility index (Phi) is 6.54. The Balaban J connectivity index is 3.21. The molecule has 1 amide bonds. The van der Waals surface area contributed by atoms with E-state index < -0.39 is 0 Å². The molecule has 0 aliphatic carbocycles. The molecule has 0 aromatic heterocycles. The van der Waals surface area contributed by atoms with Gasteiger partial charge < -0.3 is 15.5 Å². The number of nitrogens with one attached hydrogen (secondary N) is 2. The van der Waals surface area contributed by atoms with Crippen molar-refractivity contribution in [2.45, 2.75) is 19.9 Å². The van der Waals surface area contributed by atoms with Gasteiger partial charge in [-0.05, 0) is 21.0 Å². The zero-order valence-electron chi connectivity index (χ0n) is 9.05. The summed E-state index contributed by atoms with van der Waals surface area (Å²) in [6, 6.07) is 0.525. The van der Waals surface area contributed by atoms with Crippen LogP contribution < -0.4 is 10.6 Å². The van der Waals surface area contributed by atoms with Gasteiger partial charge in [-0.25, -0.2) is 0 Å². The maximum absolute atomic E-state index is 10.5. The highest BCUT2D eigenvalue weighted by molar-refractivity contribution is 5.72. The number of amides is 1. The van der Waals surface area contributed by atoms with Gasteiger partial charge in [-0.3, -0.25) is 4.79 Å². The van der Waals surface area contributed by atoms with Crippen molar-refractivity contribution in [3.8, 4) is 0 Å². The van der Waals surface area contributed by atoms with E-state index in [2.05, 4.69) is 36.6 Å². The number of nitrogens with zero attached hydrogens (tertiary/aromatic N) is 1. The molecule has 0 fully saturated rings. The molecule has 13 heavy (non-hydrogen) atoms. The number of likely N-dealkylation sites (N-methyl/N-ethyl adjacent to an activating group) is 1. The van der Waals surface area contributed by atoms with E-state index in [0.29, 0.717) is 12.6 Å². The monoisotopic (exact) mass is 187 g/mol. The van der Waals surface area contributed by atoms with Crippen LogP contribution in [0, 0.1) is 0 Å². The molecule has 4 nitrogen and oxygen atoms in total. The molecule has 0 aromatic rings. The Morgan fingerprint density at radius 3 is 2.46 bits per heavy atom. The molecule has 0 aromatic carbocycles. The first kappa shape index (κ1) is 12.4. The molecular weight excluding hydrogens is 166 g/mol. The fourth-order valence-electron chi connectivity index (χ4n) is 0.820. The van der Waals surface area contributed by atoms with Crippen LogP contribution in [0.25, 0.3) is 0 Å². The molecule has 4 heteroatoms. The quantitative estimate of drug-likeness (QED) is 0.559. The first-order valence-electron chi connectivity index (χ1n) is 4.65. The Hall–Kier alpha value is -0.610. The van der Waals surface area contributed by atoms with Crippen LogP contribution in [0.5, 0.6) is 0 Å². The summed E-state index contributed by atoms with van der Waals surface area (Å²) in [6.07, 6.45) is 0. The summed E-state index contributed by atoms with van der Waals surface area (Å²) in [6.45, 7) is 6.17. The van der Waals surface area contributed by atoms with Crippen LogP contribution in [0.2, 0.25) is 0 Å². The van der Waals surface area contributed by atoms with Crippen molar-refractivity contribution in [2.24, 2.45) is 0 Å². The summed E-state index contributed by atoms with van der Waals surface area (Å²) in [5.41, 5.74) is 0. The lowest BCUT2D eigenvalue weighted by Gasteiger charge is -2.19. The van der Waals surface area contributed by atoms with Gasteiger partial charge in [0.25, 0.3) is 0 Å². The molecule has 0 bridgehead atoms. The summed E-state index contributed by atoms with van der Waals surface area (Å²) in [4.78, 5) is 12.7. The highest BCUT2D eigenvalue weighted by Gasteiger charge is 2.02. The minimum Gasteiger partial charge on any atom is -0.355 e. The Morgan fingerprint density at radius 2 is 2.00 bits per heavy atom. The summed E-state index contributed by atoms with van der Waals surface area (Å²) in [7, 11) is 4.11. The smallest absolute Gasteiger partial charge is 0.216 e. The number of hydrogen-bond acceptors (Lipinski definition) is 3. The SMILES string of the molecule is CC(=O)NCCNCC(C)N(C)C. The molecule has 0 heterocycles. The summed E-state index contributed by atoms with van der Waals surface area (Å²) < 4.78 is 0. The van der Waals surface area contributed by atoms with Gasteiger partial charge in [0.1, 0.15) is 0 Å². The molecule has 2 N–H and O–H groups in total. The number of carbonyl (C=O) groups excluding carboxylic acids is 1. The van der Waals surface area contributed by atoms with Crippen molar-refractivity contribution >= 4 is 5.91 Å². The van der Waals surface area contributed by atoms with E-state index in [1.54, 1.807) is 0 Å². The number of hydrogen-bond donors (Lipinski definition) is 2.